The van der Waals surface area contributed by atoms with Gasteiger partial charge in [0.2, 0.25) is 17.7 Å². The van der Waals surface area contributed by atoms with E-state index in [1.807, 2.05) is 30.3 Å². The van der Waals surface area contributed by atoms with Crippen molar-refractivity contribution < 1.29 is 43.5 Å². The Balaban J connectivity index is 1.94. The number of carbonyl (C=O) groups is 6. The molecule has 0 spiro atoms. The number of carboxylic acids is 1. The quantitative estimate of drug-likeness (QED) is 0.124. The van der Waals surface area contributed by atoms with E-state index in [1.54, 1.807) is 13.8 Å². The van der Waals surface area contributed by atoms with E-state index in [1.165, 1.54) is 6.92 Å². The molecule has 0 aliphatic heterocycles. The van der Waals surface area contributed by atoms with Gasteiger partial charge in [0.05, 0.1) is 16.9 Å². The zero-order valence-corrected chi connectivity index (χ0v) is 23.9. The number of ether oxygens (including phenoxy) is 1. The van der Waals surface area contributed by atoms with E-state index in [9.17, 15) is 44.0 Å². The van der Waals surface area contributed by atoms with E-state index in [2.05, 4.69) is 16.0 Å². The molecule has 43 heavy (non-hydrogen) atoms. The second kappa shape index (κ2) is 16.3. The minimum atomic E-state index is -1.59. The average molecular weight is 599 g/mol. The van der Waals surface area contributed by atoms with Crippen LogP contribution in [0.2, 0.25) is 0 Å². The smallest absolute Gasteiger partial charge is 0.338 e. The Labute approximate surface area is 247 Å². The number of non-ortho nitro benzene ring substituents is 1. The zero-order chi connectivity index (χ0) is 32.1. The van der Waals surface area contributed by atoms with Gasteiger partial charge in [0.15, 0.2) is 12.4 Å². The minimum absolute atomic E-state index is 0.0829. The number of amides is 3. The molecule has 2 aromatic carbocycles. The normalized spacial score (nSPS) is 12.7. The first kappa shape index (κ1) is 34.1. The van der Waals surface area contributed by atoms with E-state index < -0.39 is 65.6 Å². The number of carbonyl (C=O) groups excluding carboxylic acids is 5. The largest absolute Gasteiger partial charge is 0.481 e. The third-order valence-electron chi connectivity index (χ3n) is 6.24. The van der Waals surface area contributed by atoms with E-state index in [0.717, 1.165) is 29.8 Å². The van der Waals surface area contributed by atoms with Crippen molar-refractivity contribution in [1.82, 2.24) is 16.0 Å². The van der Waals surface area contributed by atoms with Crippen LogP contribution in [0.25, 0.3) is 0 Å². The van der Waals surface area contributed by atoms with Crippen LogP contribution in [-0.4, -0.2) is 70.2 Å². The predicted molar refractivity (Wildman–Crippen MR) is 152 cm³/mol. The SMILES string of the molecule is CC(C)[C@H](NC(=O)CCc1ccccc1)C(=O)N[C@@H](C)C(=O)N[C@@H](CC(=O)O)C(=O)COC(=O)c1ccc([N+](=O)[O-])cc1. The molecule has 0 aromatic heterocycles. The van der Waals surface area contributed by atoms with Gasteiger partial charge in [-0.15, -0.1) is 0 Å². The van der Waals surface area contributed by atoms with Crippen LogP contribution in [0.15, 0.2) is 54.6 Å². The summed E-state index contributed by atoms with van der Waals surface area (Å²) in [4.78, 5) is 84.5. The number of nitro groups is 1. The Kier molecular flexibility index (Phi) is 12.9. The molecule has 2 rings (SSSR count). The van der Waals surface area contributed by atoms with E-state index >= 15 is 0 Å². The van der Waals surface area contributed by atoms with Gasteiger partial charge in [-0.05, 0) is 37.0 Å². The lowest BCUT2D eigenvalue weighted by molar-refractivity contribution is -0.384. The maximum atomic E-state index is 12.9. The lowest BCUT2D eigenvalue weighted by atomic mass is 10.0. The number of ketones is 1. The van der Waals surface area contributed by atoms with Crippen molar-refractivity contribution in [1.29, 1.82) is 0 Å². The maximum absolute atomic E-state index is 12.9. The topological polar surface area (TPSA) is 211 Å². The number of rotatable bonds is 16. The van der Waals surface area contributed by atoms with Gasteiger partial charge >= 0.3 is 11.9 Å². The molecule has 0 aliphatic rings. The van der Waals surface area contributed by atoms with E-state index in [4.69, 9.17) is 4.74 Å². The molecule has 0 unspecified atom stereocenters. The van der Waals surface area contributed by atoms with Gasteiger partial charge in [-0.3, -0.25) is 34.1 Å². The van der Waals surface area contributed by atoms with E-state index in [-0.39, 0.29) is 29.5 Å². The first-order chi connectivity index (χ1) is 20.3. The van der Waals surface area contributed by atoms with Crippen LogP contribution < -0.4 is 16.0 Å². The third-order valence-corrected chi connectivity index (χ3v) is 6.24. The summed E-state index contributed by atoms with van der Waals surface area (Å²) in [6.07, 6.45) is -0.211. The standard InChI is InChI=1S/C29H34N4O10/c1-17(2)26(32-24(35)14-9-19-7-5-4-6-8-19)28(39)30-18(3)27(38)31-22(15-25(36)37)23(34)16-43-29(40)20-10-12-21(13-11-20)33(41)42/h4-8,10-13,17-18,22,26H,9,14-16H2,1-3H3,(H,30,39)(H,31,38)(H,32,35)(H,36,37)/t18-,22-,26-/m0/s1. The summed E-state index contributed by atoms with van der Waals surface area (Å²) >= 11 is 0. The summed E-state index contributed by atoms with van der Waals surface area (Å²) in [5.41, 5.74) is 0.615. The van der Waals surface area contributed by atoms with Gasteiger partial charge in [-0.2, -0.15) is 0 Å². The monoisotopic (exact) mass is 598 g/mol. The van der Waals surface area contributed by atoms with Gasteiger partial charge in [-0.1, -0.05) is 44.2 Å². The van der Waals surface area contributed by atoms with Crippen molar-refractivity contribution in [3.8, 4) is 0 Å². The van der Waals surface area contributed by atoms with Gasteiger partial charge in [0.25, 0.3) is 5.69 Å². The molecular formula is C29H34N4O10. The summed E-state index contributed by atoms with van der Waals surface area (Å²) in [7, 11) is 0. The van der Waals surface area contributed by atoms with Crippen molar-refractivity contribution in [3.05, 3.63) is 75.8 Å². The first-order valence-electron chi connectivity index (χ1n) is 13.4. The number of Topliss-reactive ketones (excluding diaryl/α,β-unsaturated/α-hetero) is 1. The Morgan fingerprint density at radius 3 is 2.07 bits per heavy atom. The minimum Gasteiger partial charge on any atom is -0.481 e. The summed E-state index contributed by atoms with van der Waals surface area (Å²) < 4.78 is 4.89. The second-order valence-corrected chi connectivity index (χ2v) is 10.0. The number of benzene rings is 2. The Morgan fingerprint density at radius 2 is 1.51 bits per heavy atom. The highest BCUT2D eigenvalue weighted by Gasteiger charge is 2.30. The fourth-order valence-electron chi connectivity index (χ4n) is 3.81. The molecule has 0 bridgehead atoms. The van der Waals surface area contributed by atoms with Crippen LogP contribution in [0.5, 0.6) is 0 Å². The summed E-state index contributed by atoms with van der Waals surface area (Å²) in [6, 6.07) is 9.95. The van der Waals surface area contributed by atoms with Crippen LogP contribution in [0, 0.1) is 16.0 Å². The molecule has 0 aliphatic carbocycles. The zero-order valence-electron chi connectivity index (χ0n) is 23.9. The number of nitrogens with one attached hydrogen (secondary N) is 3. The number of hydrogen-bond acceptors (Lipinski definition) is 9. The van der Waals surface area contributed by atoms with Crippen molar-refractivity contribution >= 4 is 41.1 Å². The predicted octanol–water partition coefficient (Wildman–Crippen LogP) is 1.56. The highest BCUT2D eigenvalue weighted by molar-refractivity contribution is 5.97. The summed E-state index contributed by atoms with van der Waals surface area (Å²) in [5.74, 6) is -5.57. The van der Waals surface area contributed by atoms with Crippen molar-refractivity contribution in [2.75, 3.05) is 6.61 Å². The van der Waals surface area contributed by atoms with Gasteiger partial charge in [0.1, 0.15) is 18.1 Å². The number of aliphatic carboxylic acids is 1. The number of nitro benzene ring substituents is 1. The van der Waals surface area contributed by atoms with Crippen LogP contribution in [0.3, 0.4) is 0 Å². The van der Waals surface area contributed by atoms with Crippen LogP contribution in [-0.2, 0) is 35.1 Å². The fraction of sp³-hybridized carbons (Fsp3) is 0.379. The molecular weight excluding hydrogens is 564 g/mol. The lowest BCUT2D eigenvalue weighted by Crippen LogP contribution is -2.56. The van der Waals surface area contributed by atoms with Gasteiger partial charge in [0, 0.05) is 18.6 Å². The number of aryl methyl sites for hydroxylation is 1. The molecule has 0 saturated heterocycles. The van der Waals surface area contributed by atoms with Crippen molar-refractivity contribution in [2.45, 2.75) is 58.2 Å². The lowest BCUT2D eigenvalue weighted by Gasteiger charge is -2.25. The van der Waals surface area contributed by atoms with Crippen LogP contribution >= 0.6 is 0 Å². The highest BCUT2D eigenvalue weighted by atomic mass is 16.6. The van der Waals surface area contributed by atoms with Crippen LogP contribution in [0.4, 0.5) is 5.69 Å². The highest BCUT2D eigenvalue weighted by Crippen LogP contribution is 2.13. The van der Waals surface area contributed by atoms with Crippen molar-refractivity contribution in [3.63, 3.8) is 0 Å². The number of nitrogens with zero attached hydrogens (tertiary/aromatic N) is 1. The summed E-state index contributed by atoms with van der Waals surface area (Å²) in [6.45, 7) is 3.86. The van der Waals surface area contributed by atoms with Gasteiger partial charge < -0.3 is 25.8 Å². The summed E-state index contributed by atoms with van der Waals surface area (Å²) in [5, 5.41) is 27.3. The Morgan fingerprint density at radius 1 is 0.884 bits per heavy atom. The molecule has 0 fully saturated rings. The third kappa shape index (κ3) is 11.3. The molecule has 0 radical (unpaired) electrons. The molecule has 14 nitrogen and oxygen atoms in total. The molecule has 0 heterocycles. The second-order valence-electron chi connectivity index (χ2n) is 10.0. The fourth-order valence-corrected chi connectivity index (χ4v) is 3.81. The first-order valence-corrected chi connectivity index (χ1v) is 13.4. The molecule has 3 atom stereocenters. The molecule has 3 amide bonds. The van der Waals surface area contributed by atoms with E-state index in [0.29, 0.717) is 6.42 Å². The molecule has 0 saturated carbocycles. The average Bonchev–Trinajstić information content (AvgIpc) is 2.97. The number of esters is 1. The molecule has 4 N–H and O–H groups in total. The van der Waals surface area contributed by atoms with Crippen molar-refractivity contribution in [2.24, 2.45) is 5.92 Å². The Bertz CT molecular complexity index is 1330. The molecule has 14 heteroatoms. The van der Waals surface area contributed by atoms with Gasteiger partial charge in [-0.25, -0.2) is 4.79 Å². The molecule has 230 valence electrons. The maximum Gasteiger partial charge on any atom is 0.338 e. The number of carboxylic acid groups (broad SMARTS) is 1. The Hall–Kier alpha value is -5.14. The number of hydrogen-bond donors (Lipinski definition) is 4. The van der Waals surface area contributed by atoms with Crippen LogP contribution in [0.1, 0.15) is 49.5 Å². The molecule has 2 aromatic rings.